The predicted octanol–water partition coefficient (Wildman–Crippen LogP) is 5.53. The number of carbonyl (C=O) groups is 2. The first kappa shape index (κ1) is 25.2. The number of hydrogen-bond donors (Lipinski definition) is 0. The van der Waals surface area contributed by atoms with Gasteiger partial charge in [-0.15, -0.1) is 10.2 Å². The second-order valence-electron chi connectivity index (χ2n) is 12.3. The molecular formula is C30H42N4O2. The number of nitrogens with zero attached hydrogens (tertiary/aromatic N) is 4. The Morgan fingerprint density at radius 1 is 1.08 bits per heavy atom. The van der Waals surface area contributed by atoms with Crippen LogP contribution in [0.1, 0.15) is 106 Å². The van der Waals surface area contributed by atoms with Gasteiger partial charge in [0, 0.05) is 56.7 Å². The molecule has 36 heavy (non-hydrogen) atoms. The summed E-state index contributed by atoms with van der Waals surface area (Å²) in [5, 5.41) is 9.55. The first-order chi connectivity index (χ1) is 17.2. The SMILES string of the molecule is CC(=O)N1CC([C@@H](CC(=O)Cc2ccc(C)cc2C)c2nnc(C3CC(CC(C)C)C3)n2C2CC2)C1. The second kappa shape index (κ2) is 10.1. The van der Waals surface area contributed by atoms with Gasteiger partial charge in [-0.25, -0.2) is 0 Å². The number of ketones is 1. The van der Waals surface area contributed by atoms with Gasteiger partial charge in [0.2, 0.25) is 5.91 Å². The van der Waals surface area contributed by atoms with Crippen molar-refractivity contribution in [1.82, 2.24) is 19.7 Å². The van der Waals surface area contributed by atoms with Crippen LogP contribution >= 0.6 is 0 Å². The highest BCUT2D eigenvalue weighted by Gasteiger charge is 2.43. The molecule has 1 saturated heterocycles. The van der Waals surface area contributed by atoms with E-state index in [2.05, 4.69) is 50.5 Å². The van der Waals surface area contributed by atoms with Crippen LogP contribution < -0.4 is 0 Å². The topological polar surface area (TPSA) is 68.1 Å². The Morgan fingerprint density at radius 2 is 1.81 bits per heavy atom. The first-order valence-electron chi connectivity index (χ1n) is 14.0. The van der Waals surface area contributed by atoms with Crippen LogP contribution in [0.3, 0.4) is 0 Å². The van der Waals surface area contributed by atoms with Crippen LogP contribution in [0.2, 0.25) is 0 Å². The van der Waals surface area contributed by atoms with E-state index >= 15 is 0 Å². The highest BCUT2D eigenvalue weighted by Crippen LogP contribution is 2.48. The Kier molecular flexibility index (Phi) is 7.06. The monoisotopic (exact) mass is 490 g/mol. The normalized spacial score (nSPS) is 22.9. The molecule has 0 spiro atoms. The largest absolute Gasteiger partial charge is 0.342 e. The number of aryl methyl sites for hydroxylation is 2. The van der Waals surface area contributed by atoms with Crippen molar-refractivity contribution in [1.29, 1.82) is 0 Å². The van der Waals surface area contributed by atoms with Crippen LogP contribution in [0.5, 0.6) is 0 Å². The first-order valence-corrected chi connectivity index (χ1v) is 14.0. The number of likely N-dealkylation sites (tertiary alicyclic amines) is 1. The number of rotatable bonds is 10. The number of hydrogen-bond acceptors (Lipinski definition) is 4. The van der Waals surface area contributed by atoms with E-state index in [4.69, 9.17) is 10.2 Å². The van der Waals surface area contributed by atoms with E-state index < -0.39 is 0 Å². The van der Waals surface area contributed by atoms with E-state index in [0.717, 1.165) is 29.0 Å². The third kappa shape index (κ3) is 5.28. The van der Waals surface area contributed by atoms with Gasteiger partial charge in [-0.3, -0.25) is 9.59 Å². The molecule has 6 heteroatoms. The summed E-state index contributed by atoms with van der Waals surface area (Å²) in [5.41, 5.74) is 3.51. The Morgan fingerprint density at radius 3 is 2.42 bits per heavy atom. The molecule has 2 heterocycles. The number of amides is 1. The van der Waals surface area contributed by atoms with E-state index in [1.165, 1.54) is 43.2 Å². The maximum absolute atomic E-state index is 13.4. The van der Waals surface area contributed by atoms with Crippen molar-refractivity contribution in [2.75, 3.05) is 13.1 Å². The van der Waals surface area contributed by atoms with Crippen LogP contribution in [0.4, 0.5) is 0 Å². The van der Waals surface area contributed by atoms with Gasteiger partial charge in [-0.1, -0.05) is 37.6 Å². The fraction of sp³-hybridized carbons (Fsp3) is 0.667. The zero-order chi connectivity index (χ0) is 25.6. The number of aromatic nitrogens is 3. The van der Waals surface area contributed by atoms with Crippen molar-refractivity contribution in [3.8, 4) is 0 Å². The van der Waals surface area contributed by atoms with Crippen molar-refractivity contribution < 1.29 is 9.59 Å². The minimum Gasteiger partial charge on any atom is -0.342 e. The molecular weight excluding hydrogens is 448 g/mol. The summed E-state index contributed by atoms with van der Waals surface area (Å²) >= 11 is 0. The molecule has 2 aliphatic carbocycles. The molecule has 1 aromatic carbocycles. The lowest BCUT2D eigenvalue weighted by Crippen LogP contribution is -2.52. The fourth-order valence-corrected chi connectivity index (χ4v) is 6.43. The second-order valence-corrected chi connectivity index (χ2v) is 12.3. The summed E-state index contributed by atoms with van der Waals surface area (Å²) in [5.74, 6) is 4.84. The molecule has 0 radical (unpaired) electrons. The molecule has 5 rings (SSSR count). The lowest BCUT2D eigenvalue weighted by atomic mass is 9.71. The maximum atomic E-state index is 13.4. The number of carbonyl (C=O) groups excluding carboxylic acids is 2. The van der Waals surface area contributed by atoms with Crippen LogP contribution in [-0.4, -0.2) is 44.4 Å². The van der Waals surface area contributed by atoms with Crippen molar-refractivity contribution in [2.45, 2.75) is 97.4 Å². The van der Waals surface area contributed by atoms with Crippen molar-refractivity contribution in [2.24, 2.45) is 17.8 Å². The molecule has 0 N–H and O–H groups in total. The standard InChI is InChI=1S/C30H42N4O2/c1-18(2)10-22-12-24(13-22)29-31-32-30(34(29)26-8-9-26)28(25-16-33(17-25)21(5)35)15-27(36)14-23-7-6-19(3)11-20(23)4/h6-7,11,18,22,24-26,28H,8-10,12-17H2,1-5H3/t22?,24?,28-/m1/s1. The molecule has 3 fully saturated rings. The van der Waals surface area contributed by atoms with E-state index in [-0.39, 0.29) is 23.5 Å². The summed E-state index contributed by atoms with van der Waals surface area (Å²) in [6.45, 7) is 11.8. The van der Waals surface area contributed by atoms with Crippen molar-refractivity contribution >= 4 is 11.7 Å². The average Bonchev–Trinajstić information content (AvgIpc) is 3.49. The highest BCUT2D eigenvalue weighted by molar-refractivity contribution is 5.82. The molecule has 0 unspecified atom stereocenters. The van der Waals surface area contributed by atoms with E-state index in [1.807, 2.05) is 4.90 Å². The molecule has 0 bridgehead atoms. The molecule has 1 aliphatic heterocycles. The van der Waals surface area contributed by atoms with Crippen molar-refractivity contribution in [3.63, 3.8) is 0 Å². The van der Waals surface area contributed by atoms with Crippen LogP contribution in [0, 0.1) is 31.6 Å². The minimum absolute atomic E-state index is 0.0206. The molecule has 3 aliphatic rings. The Labute approximate surface area is 215 Å². The highest BCUT2D eigenvalue weighted by atomic mass is 16.2. The number of Topliss-reactive ketones (excluding diaryl/α,β-unsaturated/α-hetero) is 1. The smallest absolute Gasteiger partial charge is 0.219 e. The lowest BCUT2D eigenvalue weighted by Gasteiger charge is -2.43. The van der Waals surface area contributed by atoms with Gasteiger partial charge in [0.05, 0.1) is 0 Å². The summed E-state index contributed by atoms with van der Waals surface area (Å²) in [4.78, 5) is 27.2. The quantitative estimate of drug-likeness (QED) is 0.439. The summed E-state index contributed by atoms with van der Waals surface area (Å²) in [6, 6.07) is 6.81. The summed E-state index contributed by atoms with van der Waals surface area (Å²) in [6.07, 6.45) is 6.98. The van der Waals surface area contributed by atoms with Crippen molar-refractivity contribution in [3.05, 3.63) is 46.5 Å². The van der Waals surface area contributed by atoms with Crippen LogP contribution in [0.25, 0.3) is 0 Å². The summed E-state index contributed by atoms with van der Waals surface area (Å²) < 4.78 is 2.43. The van der Waals surface area contributed by atoms with Gasteiger partial charge < -0.3 is 9.47 Å². The Balaban J connectivity index is 1.37. The van der Waals surface area contributed by atoms with Gasteiger partial charge in [-0.2, -0.15) is 0 Å². The van der Waals surface area contributed by atoms with Crippen LogP contribution in [-0.2, 0) is 16.0 Å². The zero-order valence-corrected chi connectivity index (χ0v) is 22.7. The third-order valence-electron chi connectivity index (χ3n) is 8.66. The maximum Gasteiger partial charge on any atom is 0.219 e. The third-order valence-corrected chi connectivity index (χ3v) is 8.66. The molecule has 6 nitrogen and oxygen atoms in total. The van der Waals surface area contributed by atoms with E-state index in [1.54, 1.807) is 6.92 Å². The molecule has 194 valence electrons. The molecule has 2 saturated carbocycles. The van der Waals surface area contributed by atoms with E-state index in [9.17, 15) is 9.59 Å². The van der Waals surface area contributed by atoms with E-state index in [0.29, 0.717) is 37.9 Å². The molecule has 1 atom stereocenters. The minimum atomic E-state index is 0.0206. The van der Waals surface area contributed by atoms with Gasteiger partial charge in [0.15, 0.2) is 0 Å². The summed E-state index contributed by atoms with van der Waals surface area (Å²) in [7, 11) is 0. The van der Waals surface area contributed by atoms with Gasteiger partial charge in [0.1, 0.15) is 17.4 Å². The van der Waals surface area contributed by atoms with Gasteiger partial charge >= 0.3 is 0 Å². The predicted molar refractivity (Wildman–Crippen MR) is 141 cm³/mol. The average molecular weight is 491 g/mol. The molecule has 1 aromatic heterocycles. The number of benzene rings is 1. The lowest BCUT2D eigenvalue weighted by molar-refractivity contribution is -0.135. The molecule has 2 aromatic rings. The molecule has 1 amide bonds. The Hall–Kier alpha value is -2.50. The van der Waals surface area contributed by atoms with Gasteiger partial charge in [-0.05, 0) is 68.9 Å². The van der Waals surface area contributed by atoms with Crippen LogP contribution in [0.15, 0.2) is 18.2 Å². The fourth-order valence-electron chi connectivity index (χ4n) is 6.43. The Bertz CT molecular complexity index is 1120. The zero-order valence-electron chi connectivity index (χ0n) is 22.7. The van der Waals surface area contributed by atoms with Gasteiger partial charge in [0.25, 0.3) is 0 Å².